The Balaban J connectivity index is 1.79. The Labute approximate surface area is 151 Å². The van der Waals surface area contributed by atoms with Gasteiger partial charge in [0.15, 0.2) is 0 Å². The second kappa shape index (κ2) is 7.18. The van der Waals surface area contributed by atoms with Crippen LogP contribution in [0.25, 0.3) is 0 Å². The zero-order valence-corrected chi connectivity index (χ0v) is 15.3. The molecule has 4 N–H and O–H groups in total. The average Bonchev–Trinajstić information content (AvgIpc) is 3.08. The number of fused-ring (bicyclic) bond motifs is 1. The number of aromatic nitrogens is 1. The Morgan fingerprint density at radius 3 is 2.81 bits per heavy atom. The molecule has 2 heterocycles. The highest BCUT2D eigenvalue weighted by Crippen LogP contribution is 2.25. The van der Waals surface area contributed by atoms with Crippen LogP contribution in [-0.2, 0) is 23.0 Å². The van der Waals surface area contributed by atoms with Gasteiger partial charge in [0.05, 0.1) is 5.69 Å². The van der Waals surface area contributed by atoms with Gasteiger partial charge in [-0.25, -0.2) is 17.5 Å². The van der Waals surface area contributed by atoms with Crippen LogP contribution in [0.15, 0.2) is 29.3 Å². The Morgan fingerprint density at radius 2 is 2.08 bits per heavy atom. The highest BCUT2D eigenvalue weighted by Gasteiger charge is 2.21. The van der Waals surface area contributed by atoms with E-state index in [0.29, 0.717) is 25.1 Å². The molecule has 0 unspecified atom stereocenters. The molecule has 1 aromatic carbocycles. The molecule has 1 aliphatic heterocycles. The van der Waals surface area contributed by atoms with Crippen LogP contribution >= 0.6 is 0 Å². The van der Waals surface area contributed by atoms with E-state index in [0.717, 1.165) is 5.56 Å². The predicted molar refractivity (Wildman–Crippen MR) is 96.0 cm³/mol. The Kier molecular flexibility index (Phi) is 5.12. The van der Waals surface area contributed by atoms with Crippen LogP contribution in [-0.4, -0.2) is 31.9 Å². The third kappa shape index (κ3) is 3.79. The molecule has 26 heavy (non-hydrogen) atoms. The minimum Gasteiger partial charge on any atom is -0.356 e. The standard InChI is InChI=1S/C17H21FN4O3S/c1-10(2)22-26(24,25)12-7-15(20-9-12)17(23)21-14-4-3-11-8-19-6-5-13(11)16(14)18/h3-4,7,9-10,19-20,22H,5-6,8H2,1-2H3,(H,21,23). The second-order valence-corrected chi connectivity index (χ2v) is 8.18. The maximum Gasteiger partial charge on any atom is 0.272 e. The highest BCUT2D eigenvalue weighted by molar-refractivity contribution is 7.89. The van der Waals surface area contributed by atoms with E-state index in [2.05, 4.69) is 20.3 Å². The molecule has 140 valence electrons. The summed E-state index contributed by atoms with van der Waals surface area (Å²) >= 11 is 0. The normalized spacial score (nSPS) is 14.3. The summed E-state index contributed by atoms with van der Waals surface area (Å²) in [6, 6.07) is 4.24. The monoisotopic (exact) mass is 380 g/mol. The molecule has 0 fully saturated rings. The summed E-state index contributed by atoms with van der Waals surface area (Å²) in [4.78, 5) is 14.9. The lowest BCUT2D eigenvalue weighted by atomic mass is 9.99. The molecule has 0 aliphatic carbocycles. The van der Waals surface area contributed by atoms with Crippen LogP contribution in [0.3, 0.4) is 0 Å². The van der Waals surface area contributed by atoms with Gasteiger partial charge in [0.1, 0.15) is 16.4 Å². The zero-order valence-electron chi connectivity index (χ0n) is 14.5. The van der Waals surface area contributed by atoms with Gasteiger partial charge in [-0.2, -0.15) is 0 Å². The molecule has 0 saturated carbocycles. The van der Waals surface area contributed by atoms with E-state index in [1.54, 1.807) is 19.9 Å². The molecule has 1 amide bonds. The van der Waals surface area contributed by atoms with E-state index in [1.165, 1.54) is 18.3 Å². The number of carbonyl (C=O) groups excluding carboxylic acids is 1. The quantitative estimate of drug-likeness (QED) is 0.634. The second-order valence-electron chi connectivity index (χ2n) is 6.47. The molecule has 1 aromatic heterocycles. The van der Waals surface area contributed by atoms with Crippen molar-refractivity contribution in [2.24, 2.45) is 0 Å². The van der Waals surface area contributed by atoms with Gasteiger partial charge in [-0.15, -0.1) is 0 Å². The van der Waals surface area contributed by atoms with Gasteiger partial charge in [0.25, 0.3) is 5.91 Å². The zero-order chi connectivity index (χ0) is 18.9. The number of carbonyl (C=O) groups is 1. The average molecular weight is 380 g/mol. The summed E-state index contributed by atoms with van der Waals surface area (Å²) in [6.07, 6.45) is 1.78. The molecule has 0 atom stereocenters. The molecule has 0 spiro atoms. The van der Waals surface area contributed by atoms with Gasteiger partial charge in [0, 0.05) is 18.8 Å². The number of aromatic amines is 1. The summed E-state index contributed by atoms with van der Waals surface area (Å²) in [5.74, 6) is -1.05. The fourth-order valence-electron chi connectivity index (χ4n) is 2.86. The van der Waals surface area contributed by atoms with Gasteiger partial charge >= 0.3 is 0 Å². The molecular formula is C17H21FN4O3S. The predicted octanol–water partition coefficient (Wildman–Crippen LogP) is 1.74. The molecule has 9 heteroatoms. The van der Waals surface area contributed by atoms with Gasteiger partial charge in [-0.1, -0.05) is 6.07 Å². The Bertz CT molecular complexity index is 937. The van der Waals surface area contributed by atoms with E-state index in [-0.39, 0.29) is 22.3 Å². The Hall–Kier alpha value is -2.23. The maximum absolute atomic E-state index is 14.6. The lowest BCUT2D eigenvalue weighted by Crippen LogP contribution is -2.29. The minimum atomic E-state index is -3.71. The van der Waals surface area contributed by atoms with Crippen LogP contribution in [0.5, 0.6) is 0 Å². The third-order valence-corrected chi connectivity index (χ3v) is 5.70. The number of sulfonamides is 1. The number of amides is 1. The molecule has 0 bridgehead atoms. The van der Waals surface area contributed by atoms with Gasteiger partial charge < -0.3 is 15.6 Å². The molecule has 1 aliphatic rings. The van der Waals surface area contributed by atoms with Crippen LogP contribution in [0.1, 0.15) is 35.5 Å². The number of halogens is 1. The first kappa shape index (κ1) is 18.6. The third-order valence-electron chi connectivity index (χ3n) is 4.06. The van der Waals surface area contributed by atoms with Gasteiger partial charge in [-0.05, 0) is 50.1 Å². The van der Waals surface area contributed by atoms with Crippen LogP contribution in [0.2, 0.25) is 0 Å². The smallest absolute Gasteiger partial charge is 0.272 e. The van der Waals surface area contributed by atoms with E-state index < -0.39 is 21.7 Å². The number of hydrogen-bond donors (Lipinski definition) is 4. The summed E-state index contributed by atoms with van der Waals surface area (Å²) < 4.78 is 41.3. The van der Waals surface area contributed by atoms with Crippen molar-refractivity contribution in [3.63, 3.8) is 0 Å². The summed E-state index contributed by atoms with van der Waals surface area (Å²) in [5.41, 5.74) is 1.58. The molecule has 0 radical (unpaired) electrons. The minimum absolute atomic E-state index is 0.0351. The highest BCUT2D eigenvalue weighted by atomic mass is 32.2. The van der Waals surface area contributed by atoms with E-state index in [9.17, 15) is 17.6 Å². The first-order valence-electron chi connectivity index (χ1n) is 8.31. The van der Waals surface area contributed by atoms with Crippen molar-refractivity contribution in [2.75, 3.05) is 11.9 Å². The molecule has 2 aromatic rings. The molecule has 0 saturated heterocycles. The summed E-state index contributed by atoms with van der Waals surface area (Å²) in [5, 5.41) is 5.66. The number of rotatable bonds is 5. The van der Waals surface area contributed by atoms with Crippen molar-refractivity contribution in [1.82, 2.24) is 15.0 Å². The molecule has 7 nitrogen and oxygen atoms in total. The van der Waals surface area contributed by atoms with Crippen molar-refractivity contribution < 1.29 is 17.6 Å². The molecule has 3 rings (SSSR count). The van der Waals surface area contributed by atoms with E-state index in [1.807, 2.05) is 0 Å². The van der Waals surface area contributed by atoms with Crippen molar-refractivity contribution in [3.05, 3.63) is 47.0 Å². The lowest BCUT2D eigenvalue weighted by molar-refractivity contribution is 0.102. The van der Waals surface area contributed by atoms with E-state index in [4.69, 9.17) is 0 Å². The van der Waals surface area contributed by atoms with Crippen LogP contribution in [0.4, 0.5) is 10.1 Å². The number of benzene rings is 1. The summed E-state index contributed by atoms with van der Waals surface area (Å²) in [6.45, 7) is 4.68. The lowest BCUT2D eigenvalue weighted by Gasteiger charge is -2.19. The molecular weight excluding hydrogens is 359 g/mol. The maximum atomic E-state index is 14.6. The van der Waals surface area contributed by atoms with Crippen LogP contribution in [0, 0.1) is 5.82 Å². The van der Waals surface area contributed by atoms with Gasteiger partial charge in [0.2, 0.25) is 10.0 Å². The van der Waals surface area contributed by atoms with Crippen LogP contribution < -0.4 is 15.4 Å². The fourth-order valence-corrected chi connectivity index (χ4v) is 4.10. The number of anilines is 1. The number of H-pyrrole nitrogens is 1. The summed E-state index contributed by atoms with van der Waals surface area (Å²) in [7, 11) is -3.71. The number of nitrogens with one attached hydrogen (secondary N) is 4. The SMILES string of the molecule is CC(C)NS(=O)(=O)c1c[nH]c(C(=O)Nc2ccc3c(c2F)CCNC3)c1. The van der Waals surface area contributed by atoms with Crippen molar-refractivity contribution in [2.45, 2.75) is 37.8 Å². The van der Waals surface area contributed by atoms with Crippen molar-refractivity contribution in [3.8, 4) is 0 Å². The first-order chi connectivity index (χ1) is 12.3. The fraction of sp³-hybridized carbons (Fsp3) is 0.353. The first-order valence-corrected chi connectivity index (χ1v) is 9.79. The number of hydrogen-bond acceptors (Lipinski definition) is 4. The largest absolute Gasteiger partial charge is 0.356 e. The van der Waals surface area contributed by atoms with Gasteiger partial charge in [-0.3, -0.25) is 4.79 Å². The Morgan fingerprint density at radius 1 is 1.31 bits per heavy atom. The van der Waals surface area contributed by atoms with E-state index >= 15 is 0 Å². The van der Waals surface area contributed by atoms with Crippen molar-refractivity contribution in [1.29, 1.82) is 0 Å². The topological polar surface area (TPSA) is 103 Å². The van der Waals surface area contributed by atoms with Crippen molar-refractivity contribution >= 4 is 21.6 Å².